The van der Waals surface area contributed by atoms with Crippen molar-refractivity contribution in [3.63, 3.8) is 0 Å². The molecule has 0 bridgehead atoms. The smallest absolute Gasteiger partial charge is 0.162 e. The Hall–Kier alpha value is -3.65. The van der Waals surface area contributed by atoms with Gasteiger partial charge in [-0.3, -0.25) is 9.36 Å². The summed E-state index contributed by atoms with van der Waals surface area (Å²) < 4.78 is 15.1. The number of aryl methyl sites for hydroxylation is 2. The fourth-order valence-electron chi connectivity index (χ4n) is 4.02. The van der Waals surface area contributed by atoms with E-state index in [1.807, 2.05) is 40.7 Å². The maximum Gasteiger partial charge on any atom is 0.162 e. The molecular weight excluding hydrogens is 404 g/mol. The lowest BCUT2D eigenvalue weighted by molar-refractivity contribution is 0.171. The van der Waals surface area contributed by atoms with E-state index in [1.165, 1.54) is 5.56 Å². The molecule has 1 unspecified atom stereocenters. The summed E-state index contributed by atoms with van der Waals surface area (Å²) in [5.74, 6) is 1.56. The van der Waals surface area contributed by atoms with E-state index in [-0.39, 0.29) is 6.04 Å². The molecule has 1 atom stereocenters. The van der Waals surface area contributed by atoms with Crippen molar-refractivity contribution in [1.82, 2.24) is 29.9 Å². The molecule has 0 fully saturated rings. The van der Waals surface area contributed by atoms with Crippen LogP contribution >= 0.6 is 0 Å². The van der Waals surface area contributed by atoms with Gasteiger partial charge in [0.05, 0.1) is 5.69 Å². The summed E-state index contributed by atoms with van der Waals surface area (Å²) in [6, 6.07) is 16.7. The number of hydrogen-bond acceptors (Lipinski definition) is 6. The molecule has 0 saturated carbocycles. The Morgan fingerprint density at radius 1 is 1.06 bits per heavy atom. The highest BCUT2D eigenvalue weighted by Gasteiger charge is 2.18. The van der Waals surface area contributed by atoms with E-state index in [4.69, 9.17) is 14.6 Å². The maximum atomic E-state index is 5.77. The molecule has 0 amide bonds. The third-order valence-electron chi connectivity index (χ3n) is 5.57. The first-order valence-electron chi connectivity index (χ1n) is 10.8. The molecule has 0 aliphatic carbocycles. The van der Waals surface area contributed by atoms with Gasteiger partial charge in [-0.15, -0.1) is 0 Å². The standard InChI is InChI=1S/C24H26N6O2/c1-29-15-20(24(28-29)19-7-8-22-23(13-19)32-12-11-31-22)14-26-21(18-5-3-2-4-6-18)9-10-30-17-25-16-27-30/h2-8,13,15-17,21,26H,9-12,14H2,1H3. The molecule has 2 aromatic carbocycles. The number of nitrogens with zero attached hydrogens (tertiary/aromatic N) is 5. The molecule has 1 aliphatic rings. The molecule has 1 N–H and O–H groups in total. The van der Waals surface area contributed by atoms with Crippen LogP contribution in [0.1, 0.15) is 23.6 Å². The molecule has 1 aliphatic heterocycles. The van der Waals surface area contributed by atoms with Crippen molar-refractivity contribution < 1.29 is 9.47 Å². The van der Waals surface area contributed by atoms with E-state index in [2.05, 4.69) is 45.9 Å². The van der Waals surface area contributed by atoms with Crippen LogP contribution in [0.2, 0.25) is 0 Å². The topological polar surface area (TPSA) is 79.0 Å². The minimum Gasteiger partial charge on any atom is -0.486 e. The molecule has 0 spiro atoms. The van der Waals surface area contributed by atoms with E-state index in [0.717, 1.165) is 41.3 Å². The van der Waals surface area contributed by atoms with Crippen LogP contribution in [0.15, 0.2) is 67.4 Å². The van der Waals surface area contributed by atoms with Gasteiger partial charge >= 0.3 is 0 Å². The minimum atomic E-state index is 0.175. The molecule has 3 heterocycles. The Labute approximate surface area is 186 Å². The average Bonchev–Trinajstić information content (AvgIpc) is 3.49. The molecule has 32 heavy (non-hydrogen) atoms. The third-order valence-corrected chi connectivity index (χ3v) is 5.57. The maximum absolute atomic E-state index is 5.77. The fraction of sp³-hybridized carbons (Fsp3) is 0.292. The van der Waals surface area contributed by atoms with Gasteiger partial charge < -0.3 is 14.8 Å². The van der Waals surface area contributed by atoms with Crippen LogP contribution < -0.4 is 14.8 Å². The van der Waals surface area contributed by atoms with Gasteiger partial charge in [-0.05, 0) is 30.2 Å². The monoisotopic (exact) mass is 430 g/mol. The van der Waals surface area contributed by atoms with Crippen LogP contribution in [0.25, 0.3) is 11.3 Å². The van der Waals surface area contributed by atoms with Crippen LogP contribution in [0, 0.1) is 0 Å². The summed E-state index contributed by atoms with van der Waals surface area (Å²) in [5.41, 5.74) is 4.34. The van der Waals surface area contributed by atoms with Gasteiger partial charge in [-0.2, -0.15) is 10.2 Å². The SMILES string of the molecule is Cn1cc(CNC(CCn2cncn2)c2ccccc2)c(-c2ccc3c(c2)OCCO3)n1. The highest BCUT2D eigenvalue weighted by atomic mass is 16.6. The number of rotatable bonds is 8. The van der Waals surface area contributed by atoms with Crippen LogP contribution in [0.4, 0.5) is 0 Å². The Balaban J connectivity index is 1.35. The van der Waals surface area contributed by atoms with Gasteiger partial charge in [0.1, 0.15) is 25.9 Å². The zero-order valence-corrected chi connectivity index (χ0v) is 18.0. The Bertz CT molecular complexity index is 1160. The first-order valence-corrected chi connectivity index (χ1v) is 10.8. The van der Waals surface area contributed by atoms with E-state index in [9.17, 15) is 0 Å². The van der Waals surface area contributed by atoms with Crippen molar-refractivity contribution in [1.29, 1.82) is 0 Å². The van der Waals surface area contributed by atoms with Gasteiger partial charge in [-0.25, -0.2) is 4.98 Å². The zero-order valence-electron chi connectivity index (χ0n) is 18.0. The number of aromatic nitrogens is 5. The number of hydrogen-bond donors (Lipinski definition) is 1. The van der Waals surface area contributed by atoms with Crippen LogP contribution in [0.5, 0.6) is 11.5 Å². The fourth-order valence-corrected chi connectivity index (χ4v) is 4.02. The second kappa shape index (κ2) is 9.23. The quantitative estimate of drug-likeness (QED) is 0.462. The van der Waals surface area contributed by atoms with Crippen molar-refractivity contribution in [2.45, 2.75) is 25.6 Å². The first-order chi connectivity index (χ1) is 15.8. The molecule has 0 radical (unpaired) electrons. The molecule has 4 aromatic rings. The minimum absolute atomic E-state index is 0.175. The van der Waals surface area contributed by atoms with Crippen molar-refractivity contribution in [3.8, 4) is 22.8 Å². The van der Waals surface area contributed by atoms with Gasteiger partial charge in [0.25, 0.3) is 0 Å². The normalized spacial score (nSPS) is 13.8. The summed E-state index contributed by atoms with van der Waals surface area (Å²) in [5, 5.41) is 12.7. The summed E-state index contributed by atoms with van der Waals surface area (Å²) in [6.07, 6.45) is 6.29. The highest BCUT2D eigenvalue weighted by molar-refractivity contribution is 5.66. The Morgan fingerprint density at radius 3 is 2.72 bits per heavy atom. The summed E-state index contributed by atoms with van der Waals surface area (Å²) in [4.78, 5) is 4.05. The lowest BCUT2D eigenvalue weighted by atomic mass is 10.0. The number of fused-ring (bicyclic) bond motifs is 1. The van der Waals surface area contributed by atoms with Gasteiger partial charge in [-0.1, -0.05) is 30.3 Å². The lowest BCUT2D eigenvalue weighted by Crippen LogP contribution is -2.22. The Morgan fingerprint density at radius 2 is 1.91 bits per heavy atom. The van der Waals surface area contributed by atoms with Crippen molar-refractivity contribution >= 4 is 0 Å². The van der Waals surface area contributed by atoms with Crippen molar-refractivity contribution in [2.24, 2.45) is 7.05 Å². The van der Waals surface area contributed by atoms with Gasteiger partial charge in [0.2, 0.25) is 0 Å². The van der Waals surface area contributed by atoms with Crippen molar-refractivity contribution in [2.75, 3.05) is 13.2 Å². The van der Waals surface area contributed by atoms with E-state index < -0.39 is 0 Å². The van der Waals surface area contributed by atoms with Gasteiger partial charge in [0, 0.05) is 43.5 Å². The summed E-state index contributed by atoms with van der Waals surface area (Å²) >= 11 is 0. The number of benzene rings is 2. The molecule has 164 valence electrons. The van der Waals surface area contributed by atoms with E-state index in [1.54, 1.807) is 12.7 Å². The van der Waals surface area contributed by atoms with E-state index >= 15 is 0 Å². The van der Waals surface area contributed by atoms with E-state index in [0.29, 0.717) is 19.8 Å². The molecule has 8 heteroatoms. The lowest BCUT2D eigenvalue weighted by Gasteiger charge is -2.20. The molecule has 5 rings (SSSR count). The molecular formula is C24H26N6O2. The van der Waals surface area contributed by atoms with Gasteiger partial charge in [0.15, 0.2) is 11.5 Å². The second-order valence-electron chi connectivity index (χ2n) is 7.83. The molecule has 8 nitrogen and oxygen atoms in total. The van der Waals surface area contributed by atoms with Crippen LogP contribution in [-0.2, 0) is 20.1 Å². The Kier molecular flexibility index (Phi) is 5.85. The summed E-state index contributed by atoms with van der Waals surface area (Å²) in [7, 11) is 1.95. The average molecular weight is 431 g/mol. The largest absolute Gasteiger partial charge is 0.486 e. The zero-order chi connectivity index (χ0) is 21.8. The summed E-state index contributed by atoms with van der Waals surface area (Å²) in [6.45, 7) is 2.63. The molecule has 0 saturated heterocycles. The third kappa shape index (κ3) is 4.50. The number of ether oxygens (including phenoxy) is 2. The molecule has 2 aromatic heterocycles. The predicted molar refractivity (Wildman–Crippen MR) is 120 cm³/mol. The van der Waals surface area contributed by atoms with Crippen molar-refractivity contribution in [3.05, 3.63) is 78.5 Å². The predicted octanol–water partition coefficient (Wildman–Crippen LogP) is 3.37. The van der Waals surface area contributed by atoms with Crippen LogP contribution in [-0.4, -0.2) is 37.8 Å². The number of nitrogens with one attached hydrogen (secondary N) is 1. The first kappa shape index (κ1) is 20.3. The van der Waals surface area contributed by atoms with Crippen LogP contribution in [0.3, 0.4) is 0 Å². The second-order valence-corrected chi connectivity index (χ2v) is 7.83. The highest BCUT2D eigenvalue weighted by Crippen LogP contribution is 2.35.